The highest BCUT2D eigenvalue weighted by molar-refractivity contribution is 7.89. The molecule has 1 aromatic rings. The molecule has 0 bridgehead atoms. The molecule has 25 heavy (non-hydrogen) atoms. The van der Waals surface area contributed by atoms with Crippen molar-refractivity contribution in [2.75, 3.05) is 7.11 Å². The minimum absolute atomic E-state index is 0.0963. The molecule has 1 amide bonds. The second-order valence-electron chi connectivity index (χ2n) is 5.79. The lowest BCUT2D eigenvalue weighted by atomic mass is 10.1. The quantitative estimate of drug-likeness (QED) is 0.597. The fourth-order valence-electron chi connectivity index (χ4n) is 2.09. The van der Waals surface area contributed by atoms with Crippen molar-refractivity contribution in [3.8, 4) is 5.75 Å². The van der Waals surface area contributed by atoms with Gasteiger partial charge in [-0.1, -0.05) is 20.8 Å². The highest BCUT2D eigenvalue weighted by Crippen LogP contribution is 2.23. The number of hydrogen-bond acceptors (Lipinski definition) is 5. The third-order valence-electron chi connectivity index (χ3n) is 3.57. The summed E-state index contributed by atoms with van der Waals surface area (Å²) in [5.74, 6) is -1.43. The Morgan fingerprint density at radius 3 is 2.40 bits per heavy atom. The lowest BCUT2D eigenvalue weighted by Crippen LogP contribution is -2.44. The summed E-state index contributed by atoms with van der Waals surface area (Å²) in [6.45, 7) is 5.03. The van der Waals surface area contributed by atoms with Crippen molar-refractivity contribution in [1.29, 1.82) is 0 Å². The standard InChI is InChI=1S/C16H24N2O6S/c1-5-14(19)17-9-11-8-12(6-7-13(11)24-4)25(22,23)18-15(10(2)3)16(20)21/h6-8,10,15,18H,5,9H2,1-4H3,(H,17,19)(H,20,21)/t15-/m1/s1. The Kier molecular flexibility index (Phi) is 7.38. The van der Waals surface area contributed by atoms with Crippen LogP contribution in [0.4, 0.5) is 0 Å². The first-order chi connectivity index (χ1) is 11.6. The Balaban J connectivity index is 3.14. The van der Waals surface area contributed by atoms with Crippen LogP contribution in [0.15, 0.2) is 23.1 Å². The second kappa shape index (κ2) is 8.82. The molecule has 8 nitrogen and oxygen atoms in total. The van der Waals surface area contributed by atoms with Crippen molar-refractivity contribution < 1.29 is 27.9 Å². The number of benzene rings is 1. The zero-order valence-corrected chi connectivity index (χ0v) is 15.5. The van der Waals surface area contributed by atoms with Crippen molar-refractivity contribution in [3.05, 3.63) is 23.8 Å². The third kappa shape index (κ3) is 5.71. The Morgan fingerprint density at radius 2 is 1.92 bits per heavy atom. The third-order valence-corrected chi connectivity index (χ3v) is 5.01. The van der Waals surface area contributed by atoms with Crippen molar-refractivity contribution in [2.24, 2.45) is 5.92 Å². The summed E-state index contributed by atoms with van der Waals surface area (Å²) in [6.07, 6.45) is 0.302. The van der Waals surface area contributed by atoms with Crippen molar-refractivity contribution in [1.82, 2.24) is 10.0 Å². The van der Waals surface area contributed by atoms with Crippen molar-refractivity contribution >= 4 is 21.9 Å². The van der Waals surface area contributed by atoms with Gasteiger partial charge in [-0.3, -0.25) is 9.59 Å². The molecule has 0 saturated heterocycles. The lowest BCUT2D eigenvalue weighted by Gasteiger charge is -2.18. The topological polar surface area (TPSA) is 122 Å². The number of rotatable bonds is 9. The van der Waals surface area contributed by atoms with Gasteiger partial charge in [0.15, 0.2) is 0 Å². The van der Waals surface area contributed by atoms with Crippen LogP contribution in [0.3, 0.4) is 0 Å². The van der Waals surface area contributed by atoms with Gasteiger partial charge in [-0.2, -0.15) is 4.72 Å². The summed E-state index contributed by atoms with van der Waals surface area (Å²) in [7, 11) is -2.60. The molecular formula is C16H24N2O6S. The maximum atomic E-state index is 12.5. The molecule has 0 aliphatic carbocycles. The number of carbonyl (C=O) groups is 2. The van der Waals surface area contributed by atoms with Gasteiger partial charge in [-0.15, -0.1) is 0 Å². The lowest BCUT2D eigenvalue weighted by molar-refractivity contribution is -0.140. The SMILES string of the molecule is CCC(=O)NCc1cc(S(=O)(=O)N[C@@H](C(=O)O)C(C)C)ccc1OC. The van der Waals surface area contributed by atoms with Crippen LogP contribution in [-0.2, 0) is 26.2 Å². The average Bonchev–Trinajstić information content (AvgIpc) is 2.56. The molecular weight excluding hydrogens is 348 g/mol. The van der Waals surface area contributed by atoms with E-state index in [2.05, 4.69) is 10.0 Å². The molecule has 0 spiro atoms. The number of hydrogen-bond donors (Lipinski definition) is 3. The van der Waals surface area contributed by atoms with E-state index in [0.29, 0.717) is 17.7 Å². The first-order valence-electron chi connectivity index (χ1n) is 7.81. The number of carbonyl (C=O) groups excluding carboxylic acids is 1. The van der Waals surface area contributed by atoms with Gasteiger partial charge < -0.3 is 15.2 Å². The van der Waals surface area contributed by atoms with E-state index in [0.717, 1.165) is 0 Å². The molecule has 1 atom stereocenters. The average molecular weight is 372 g/mol. The summed E-state index contributed by atoms with van der Waals surface area (Å²) < 4.78 is 32.4. The smallest absolute Gasteiger partial charge is 0.322 e. The van der Waals surface area contributed by atoms with E-state index < -0.39 is 28.0 Å². The molecule has 1 aromatic carbocycles. The molecule has 0 fully saturated rings. The second-order valence-corrected chi connectivity index (χ2v) is 7.50. The fourth-order valence-corrected chi connectivity index (χ4v) is 3.47. The number of amides is 1. The fraction of sp³-hybridized carbons (Fsp3) is 0.500. The summed E-state index contributed by atoms with van der Waals surface area (Å²) in [6, 6.07) is 2.91. The minimum atomic E-state index is -4.04. The molecule has 0 aliphatic heterocycles. The molecule has 0 saturated carbocycles. The summed E-state index contributed by atoms with van der Waals surface area (Å²) >= 11 is 0. The molecule has 0 unspecified atom stereocenters. The van der Waals surface area contributed by atoms with Gasteiger partial charge in [0.1, 0.15) is 11.8 Å². The number of sulfonamides is 1. The maximum absolute atomic E-state index is 12.5. The van der Waals surface area contributed by atoms with Gasteiger partial charge in [0.05, 0.1) is 12.0 Å². The normalized spacial score (nSPS) is 12.7. The van der Waals surface area contributed by atoms with E-state index in [-0.39, 0.29) is 17.3 Å². The number of carboxylic acid groups (broad SMARTS) is 1. The molecule has 0 aromatic heterocycles. The van der Waals surface area contributed by atoms with Gasteiger partial charge in [-0.25, -0.2) is 8.42 Å². The minimum Gasteiger partial charge on any atom is -0.496 e. The zero-order chi connectivity index (χ0) is 19.2. The largest absolute Gasteiger partial charge is 0.496 e. The molecule has 0 aliphatic rings. The van der Waals surface area contributed by atoms with E-state index in [9.17, 15) is 18.0 Å². The molecule has 0 radical (unpaired) electrons. The number of methoxy groups -OCH3 is 1. The van der Waals surface area contributed by atoms with Crippen LogP contribution >= 0.6 is 0 Å². The summed E-state index contributed by atoms with van der Waals surface area (Å²) in [5, 5.41) is 11.8. The first kappa shape index (κ1) is 20.9. The van der Waals surface area contributed by atoms with Crippen LogP contribution in [0.5, 0.6) is 5.75 Å². The molecule has 140 valence electrons. The Morgan fingerprint density at radius 1 is 1.28 bits per heavy atom. The Hall–Kier alpha value is -2.13. The van der Waals surface area contributed by atoms with E-state index in [1.807, 2.05) is 0 Å². The van der Waals surface area contributed by atoms with Crippen LogP contribution in [0, 0.1) is 5.92 Å². The van der Waals surface area contributed by atoms with Crippen LogP contribution in [0.1, 0.15) is 32.8 Å². The van der Waals surface area contributed by atoms with Crippen LogP contribution in [-0.4, -0.2) is 38.6 Å². The number of nitrogens with one attached hydrogen (secondary N) is 2. The monoisotopic (exact) mass is 372 g/mol. The van der Waals surface area contributed by atoms with Crippen molar-refractivity contribution in [2.45, 2.75) is 44.7 Å². The van der Waals surface area contributed by atoms with E-state index in [4.69, 9.17) is 9.84 Å². The summed E-state index contributed by atoms with van der Waals surface area (Å²) in [5.41, 5.74) is 0.476. The number of carboxylic acids is 1. The maximum Gasteiger partial charge on any atom is 0.322 e. The highest BCUT2D eigenvalue weighted by atomic mass is 32.2. The number of aliphatic carboxylic acids is 1. The van der Waals surface area contributed by atoms with E-state index >= 15 is 0 Å². The predicted molar refractivity (Wildman–Crippen MR) is 91.7 cm³/mol. The highest BCUT2D eigenvalue weighted by Gasteiger charge is 2.28. The van der Waals surface area contributed by atoms with Gasteiger partial charge in [0.25, 0.3) is 0 Å². The molecule has 1 rings (SSSR count). The van der Waals surface area contributed by atoms with Gasteiger partial charge in [0, 0.05) is 18.5 Å². The van der Waals surface area contributed by atoms with Gasteiger partial charge in [0.2, 0.25) is 15.9 Å². The van der Waals surface area contributed by atoms with Crippen LogP contribution in [0.2, 0.25) is 0 Å². The summed E-state index contributed by atoms with van der Waals surface area (Å²) in [4.78, 5) is 22.6. The molecule has 0 heterocycles. The van der Waals surface area contributed by atoms with Gasteiger partial charge >= 0.3 is 5.97 Å². The Labute approximate surface area is 147 Å². The molecule has 3 N–H and O–H groups in total. The van der Waals surface area contributed by atoms with Crippen LogP contribution in [0.25, 0.3) is 0 Å². The van der Waals surface area contributed by atoms with Crippen LogP contribution < -0.4 is 14.8 Å². The molecule has 9 heteroatoms. The van der Waals surface area contributed by atoms with E-state index in [1.165, 1.54) is 25.3 Å². The van der Waals surface area contributed by atoms with Gasteiger partial charge in [-0.05, 0) is 24.1 Å². The van der Waals surface area contributed by atoms with Crippen molar-refractivity contribution in [3.63, 3.8) is 0 Å². The zero-order valence-electron chi connectivity index (χ0n) is 14.7. The Bertz CT molecular complexity index is 730. The first-order valence-corrected chi connectivity index (χ1v) is 9.29. The number of ether oxygens (including phenoxy) is 1. The van der Waals surface area contributed by atoms with E-state index in [1.54, 1.807) is 20.8 Å². The predicted octanol–water partition coefficient (Wildman–Crippen LogP) is 1.11.